The molecule has 0 aliphatic heterocycles. The lowest BCUT2D eigenvalue weighted by Crippen LogP contribution is -2.15. The zero-order chi connectivity index (χ0) is 39.2. The Morgan fingerprint density at radius 1 is 0.407 bits per heavy atom. The molecule has 1 aliphatic rings. The molecule has 0 saturated heterocycles. The predicted molar refractivity (Wildman–Crippen MR) is 241 cm³/mol. The molecule has 0 atom stereocenters. The Labute approximate surface area is 340 Å². The molecule has 0 fully saturated rings. The van der Waals surface area contributed by atoms with Crippen molar-refractivity contribution in [2.75, 3.05) is 0 Å². The van der Waals surface area contributed by atoms with Gasteiger partial charge in [-0.05, 0) is 88.0 Å². The maximum Gasteiger partial charge on any atom is 0.164 e. The second-order valence-electron chi connectivity index (χ2n) is 16.0. The summed E-state index contributed by atoms with van der Waals surface area (Å²) in [5.41, 5.74) is 15.2. The van der Waals surface area contributed by atoms with Gasteiger partial charge in [-0.15, -0.1) is 0 Å². The molecule has 0 bridgehead atoms. The zero-order valence-electron chi connectivity index (χ0n) is 32.5. The molecule has 8 aromatic carbocycles. The summed E-state index contributed by atoms with van der Waals surface area (Å²) in [7, 11) is 0. The van der Waals surface area contributed by atoms with E-state index in [0.29, 0.717) is 17.5 Å². The highest BCUT2D eigenvalue weighted by Crippen LogP contribution is 2.49. The van der Waals surface area contributed by atoms with Gasteiger partial charge in [-0.25, -0.2) is 15.0 Å². The average Bonchev–Trinajstić information content (AvgIpc) is 3.91. The van der Waals surface area contributed by atoms with Crippen LogP contribution >= 0.6 is 0 Å². The molecule has 59 heavy (non-hydrogen) atoms. The number of benzene rings is 8. The Bertz CT molecular complexity index is 3470. The van der Waals surface area contributed by atoms with Crippen molar-refractivity contribution in [2.24, 2.45) is 0 Å². The van der Waals surface area contributed by atoms with Crippen LogP contribution in [0.2, 0.25) is 0 Å². The van der Waals surface area contributed by atoms with Crippen molar-refractivity contribution < 1.29 is 4.42 Å². The van der Waals surface area contributed by atoms with Crippen LogP contribution in [-0.4, -0.2) is 19.5 Å². The van der Waals surface area contributed by atoms with Gasteiger partial charge in [0, 0.05) is 38.3 Å². The molecule has 3 aromatic heterocycles. The van der Waals surface area contributed by atoms with Crippen LogP contribution in [-0.2, 0) is 5.41 Å². The van der Waals surface area contributed by atoms with Crippen LogP contribution in [0, 0.1) is 0 Å². The van der Waals surface area contributed by atoms with Gasteiger partial charge in [0.1, 0.15) is 11.2 Å². The van der Waals surface area contributed by atoms with E-state index in [2.05, 4.69) is 176 Å². The van der Waals surface area contributed by atoms with Gasteiger partial charge in [0.05, 0.1) is 22.1 Å². The highest BCUT2D eigenvalue weighted by Gasteiger charge is 2.35. The van der Waals surface area contributed by atoms with Gasteiger partial charge < -0.3 is 8.98 Å². The average molecular weight is 757 g/mol. The monoisotopic (exact) mass is 756 g/mol. The molecular weight excluding hydrogens is 721 g/mol. The minimum absolute atomic E-state index is 0.141. The van der Waals surface area contributed by atoms with Crippen molar-refractivity contribution in [3.05, 3.63) is 193 Å². The van der Waals surface area contributed by atoms with E-state index in [1.54, 1.807) is 0 Å². The molecule has 0 amide bonds. The minimum Gasteiger partial charge on any atom is -0.456 e. The summed E-state index contributed by atoms with van der Waals surface area (Å²) in [5, 5.41) is 4.44. The lowest BCUT2D eigenvalue weighted by molar-refractivity contribution is 0.660. The minimum atomic E-state index is -0.141. The van der Waals surface area contributed by atoms with Gasteiger partial charge in [-0.3, -0.25) is 0 Å². The summed E-state index contributed by atoms with van der Waals surface area (Å²) in [4.78, 5) is 15.5. The van der Waals surface area contributed by atoms with E-state index < -0.39 is 0 Å². The summed E-state index contributed by atoms with van der Waals surface area (Å²) < 4.78 is 8.94. The fraction of sp³-hybridized carbons (Fsp3) is 0.0556. The van der Waals surface area contributed by atoms with Crippen LogP contribution in [0.3, 0.4) is 0 Å². The Morgan fingerprint density at radius 3 is 1.85 bits per heavy atom. The molecule has 0 saturated carbocycles. The fourth-order valence-corrected chi connectivity index (χ4v) is 9.37. The molecule has 11 aromatic rings. The first-order chi connectivity index (χ1) is 29.0. The van der Waals surface area contributed by atoms with E-state index in [1.165, 1.54) is 22.3 Å². The quantitative estimate of drug-likeness (QED) is 0.175. The zero-order valence-corrected chi connectivity index (χ0v) is 32.5. The van der Waals surface area contributed by atoms with E-state index in [-0.39, 0.29) is 5.41 Å². The molecule has 0 radical (unpaired) electrons. The first kappa shape index (κ1) is 33.5. The summed E-state index contributed by atoms with van der Waals surface area (Å²) in [5.74, 6) is 1.93. The first-order valence-corrected chi connectivity index (χ1v) is 20.1. The smallest absolute Gasteiger partial charge is 0.164 e. The largest absolute Gasteiger partial charge is 0.456 e. The topological polar surface area (TPSA) is 56.7 Å². The lowest BCUT2D eigenvalue weighted by Gasteiger charge is -2.21. The molecule has 0 N–H and O–H groups in total. The highest BCUT2D eigenvalue weighted by molar-refractivity contribution is 6.15. The van der Waals surface area contributed by atoms with Gasteiger partial charge in [0.15, 0.2) is 17.5 Å². The number of aromatic nitrogens is 4. The van der Waals surface area contributed by atoms with Crippen LogP contribution in [0.15, 0.2) is 186 Å². The molecule has 0 unspecified atom stereocenters. The summed E-state index contributed by atoms with van der Waals surface area (Å²) in [6.07, 6.45) is 0. The molecule has 278 valence electrons. The van der Waals surface area contributed by atoms with E-state index in [9.17, 15) is 0 Å². The predicted octanol–water partition coefficient (Wildman–Crippen LogP) is 13.8. The molecular formula is C54H36N4O. The van der Waals surface area contributed by atoms with Crippen molar-refractivity contribution in [2.45, 2.75) is 19.3 Å². The molecule has 1 aliphatic carbocycles. The Hall–Kier alpha value is -7.63. The van der Waals surface area contributed by atoms with Gasteiger partial charge in [-0.1, -0.05) is 141 Å². The number of para-hydroxylation sites is 1. The van der Waals surface area contributed by atoms with E-state index in [0.717, 1.165) is 77.2 Å². The van der Waals surface area contributed by atoms with E-state index in [1.807, 2.05) is 24.3 Å². The molecule has 12 rings (SSSR count). The number of hydrogen-bond donors (Lipinski definition) is 0. The number of furan rings is 1. The number of fused-ring (bicyclic) bond motifs is 9. The lowest BCUT2D eigenvalue weighted by atomic mass is 9.82. The number of rotatable bonds is 5. The Morgan fingerprint density at radius 2 is 1.03 bits per heavy atom. The number of nitrogens with zero attached hydrogens (tertiary/aromatic N) is 4. The molecule has 5 nitrogen and oxygen atoms in total. The van der Waals surface area contributed by atoms with Crippen molar-refractivity contribution in [3.8, 4) is 62.1 Å². The van der Waals surface area contributed by atoms with Gasteiger partial charge in [0.2, 0.25) is 0 Å². The summed E-state index contributed by atoms with van der Waals surface area (Å²) in [6, 6.07) is 64.2. The van der Waals surface area contributed by atoms with Gasteiger partial charge in [0.25, 0.3) is 0 Å². The summed E-state index contributed by atoms with van der Waals surface area (Å²) in [6.45, 7) is 4.61. The van der Waals surface area contributed by atoms with Crippen LogP contribution in [0.4, 0.5) is 0 Å². The van der Waals surface area contributed by atoms with Crippen molar-refractivity contribution in [1.29, 1.82) is 0 Å². The standard InChI is InChI=1S/C54H36N4O/c1-54(2)43-20-11-9-18-38(43)39-27-25-37(31-44(39)54)53-56-51(34-16-7-4-8-17-34)55-52(57-53)36-26-29-46-42(30-36)40-19-10-12-21-45(40)58(46)47-22-13-23-48-50(47)41-28-24-35(32-49(41)59-48)33-14-5-3-6-15-33/h3-32H,1-2H3. The molecule has 5 heteroatoms. The normalized spacial score (nSPS) is 13.1. The SMILES string of the molecule is CC1(C)c2ccccc2-c2ccc(-c3nc(-c4ccccc4)nc(-c4ccc5c(c4)c4ccccc4n5-c4cccc5oc6cc(-c7ccccc7)ccc6c45)n3)cc21. The van der Waals surface area contributed by atoms with Crippen LogP contribution in [0.25, 0.3) is 106 Å². The van der Waals surface area contributed by atoms with E-state index >= 15 is 0 Å². The van der Waals surface area contributed by atoms with Gasteiger partial charge in [-0.2, -0.15) is 0 Å². The molecule has 0 spiro atoms. The molecule has 3 heterocycles. The number of hydrogen-bond acceptors (Lipinski definition) is 4. The fourth-order valence-electron chi connectivity index (χ4n) is 9.37. The van der Waals surface area contributed by atoms with Crippen molar-refractivity contribution >= 4 is 43.7 Å². The maximum absolute atomic E-state index is 6.57. The third kappa shape index (κ3) is 5.14. The Kier molecular flexibility index (Phi) is 7.20. The van der Waals surface area contributed by atoms with Crippen molar-refractivity contribution in [1.82, 2.24) is 19.5 Å². The highest BCUT2D eigenvalue weighted by atomic mass is 16.3. The third-order valence-corrected chi connectivity index (χ3v) is 12.3. The third-order valence-electron chi connectivity index (χ3n) is 12.3. The first-order valence-electron chi connectivity index (χ1n) is 20.1. The second kappa shape index (κ2) is 12.7. The second-order valence-corrected chi connectivity index (χ2v) is 16.0. The summed E-state index contributed by atoms with van der Waals surface area (Å²) >= 11 is 0. The van der Waals surface area contributed by atoms with Gasteiger partial charge >= 0.3 is 0 Å². The van der Waals surface area contributed by atoms with Crippen molar-refractivity contribution in [3.63, 3.8) is 0 Å². The van der Waals surface area contributed by atoms with Crippen LogP contribution < -0.4 is 0 Å². The maximum atomic E-state index is 6.57. The van der Waals surface area contributed by atoms with E-state index in [4.69, 9.17) is 19.4 Å². The Balaban J connectivity index is 1.03. The van der Waals surface area contributed by atoms with Crippen LogP contribution in [0.1, 0.15) is 25.0 Å². The van der Waals surface area contributed by atoms with Crippen LogP contribution in [0.5, 0.6) is 0 Å².